The van der Waals surface area contributed by atoms with Crippen LogP contribution in [0.5, 0.6) is 0 Å². The lowest BCUT2D eigenvalue weighted by Gasteiger charge is -2.28. The monoisotopic (exact) mass is 394 g/mol. The number of nitrogens with zero attached hydrogens (tertiary/aromatic N) is 1. The van der Waals surface area contributed by atoms with Crippen LogP contribution >= 0.6 is 24.0 Å². The number of likely N-dealkylation sites (tertiary alicyclic amines) is 1. The van der Waals surface area contributed by atoms with E-state index in [9.17, 15) is 9.18 Å². The van der Waals surface area contributed by atoms with Crippen LogP contribution in [-0.2, 0) is 11.2 Å². The highest BCUT2D eigenvalue weighted by atomic mass is 35.5. The first-order chi connectivity index (χ1) is 12.1. The SMILES string of the molecule is Cl.O=C(Cc1ccccc1Cl)N1C[C@@H]2CNC[C@@H]2[C@@H]1c1cccc(F)c1. The molecule has 138 valence electrons. The number of benzene rings is 2. The predicted molar refractivity (Wildman–Crippen MR) is 103 cm³/mol. The molecule has 2 heterocycles. The summed E-state index contributed by atoms with van der Waals surface area (Å²) < 4.78 is 13.8. The van der Waals surface area contributed by atoms with Crippen molar-refractivity contribution in [2.24, 2.45) is 11.8 Å². The van der Waals surface area contributed by atoms with Crippen molar-refractivity contribution in [3.8, 4) is 0 Å². The van der Waals surface area contributed by atoms with Gasteiger partial charge >= 0.3 is 0 Å². The minimum Gasteiger partial charge on any atom is -0.335 e. The third-order valence-electron chi connectivity index (χ3n) is 5.37. The Hall–Kier alpha value is -1.62. The molecule has 3 atom stereocenters. The van der Waals surface area contributed by atoms with E-state index in [1.807, 2.05) is 29.2 Å². The van der Waals surface area contributed by atoms with E-state index < -0.39 is 0 Å². The summed E-state index contributed by atoms with van der Waals surface area (Å²) in [5.74, 6) is 0.544. The average Bonchev–Trinajstić information content (AvgIpc) is 3.17. The molecule has 0 aliphatic carbocycles. The topological polar surface area (TPSA) is 32.3 Å². The maximum Gasteiger partial charge on any atom is 0.227 e. The number of amides is 1. The first-order valence-corrected chi connectivity index (χ1v) is 9.00. The Kier molecular flexibility index (Phi) is 5.86. The average molecular weight is 395 g/mol. The van der Waals surface area contributed by atoms with E-state index in [2.05, 4.69) is 5.32 Å². The number of halogens is 3. The second kappa shape index (κ2) is 7.95. The van der Waals surface area contributed by atoms with Gasteiger partial charge in [0.25, 0.3) is 0 Å². The summed E-state index contributed by atoms with van der Waals surface area (Å²) in [6.07, 6.45) is 0.276. The molecule has 2 fully saturated rings. The second-order valence-corrected chi connectivity index (χ2v) is 7.30. The highest BCUT2D eigenvalue weighted by Gasteiger charge is 2.46. The number of hydrogen-bond acceptors (Lipinski definition) is 2. The van der Waals surface area contributed by atoms with Gasteiger partial charge in [-0.2, -0.15) is 0 Å². The van der Waals surface area contributed by atoms with E-state index in [0.717, 1.165) is 24.2 Å². The van der Waals surface area contributed by atoms with Crippen LogP contribution in [0.1, 0.15) is 17.2 Å². The minimum atomic E-state index is -0.259. The molecule has 6 heteroatoms. The Labute approximate surface area is 163 Å². The summed E-state index contributed by atoms with van der Waals surface area (Å²) in [6, 6.07) is 14.0. The maximum atomic E-state index is 13.8. The van der Waals surface area contributed by atoms with Crippen molar-refractivity contribution in [2.75, 3.05) is 19.6 Å². The zero-order valence-corrected chi connectivity index (χ0v) is 15.8. The summed E-state index contributed by atoms with van der Waals surface area (Å²) in [7, 11) is 0. The highest BCUT2D eigenvalue weighted by molar-refractivity contribution is 6.31. The number of nitrogens with one attached hydrogen (secondary N) is 1. The third kappa shape index (κ3) is 3.59. The first kappa shape index (κ1) is 19.2. The van der Waals surface area contributed by atoms with E-state index in [4.69, 9.17) is 11.6 Å². The lowest BCUT2D eigenvalue weighted by molar-refractivity contribution is -0.131. The van der Waals surface area contributed by atoms with Gasteiger partial charge in [-0.05, 0) is 35.2 Å². The molecular formula is C20H21Cl2FN2O. The van der Waals surface area contributed by atoms with Gasteiger partial charge in [-0.3, -0.25) is 4.79 Å². The van der Waals surface area contributed by atoms with E-state index in [-0.39, 0.29) is 36.6 Å². The molecule has 0 saturated carbocycles. The lowest BCUT2D eigenvalue weighted by atomic mass is 9.89. The number of fused-ring (bicyclic) bond motifs is 1. The van der Waals surface area contributed by atoms with Crippen molar-refractivity contribution in [1.29, 1.82) is 0 Å². The van der Waals surface area contributed by atoms with Crippen molar-refractivity contribution in [3.63, 3.8) is 0 Å². The van der Waals surface area contributed by atoms with Crippen LogP contribution in [0.2, 0.25) is 5.02 Å². The van der Waals surface area contributed by atoms with Crippen LogP contribution in [0.4, 0.5) is 4.39 Å². The van der Waals surface area contributed by atoms with Crippen LogP contribution in [0.3, 0.4) is 0 Å². The van der Waals surface area contributed by atoms with Gasteiger partial charge in [0.15, 0.2) is 0 Å². The van der Waals surface area contributed by atoms with Crippen LogP contribution in [-0.4, -0.2) is 30.4 Å². The zero-order chi connectivity index (χ0) is 17.4. The summed E-state index contributed by atoms with van der Waals surface area (Å²) in [4.78, 5) is 14.9. The summed E-state index contributed by atoms with van der Waals surface area (Å²) in [6.45, 7) is 2.48. The van der Waals surface area contributed by atoms with Crippen LogP contribution in [0.25, 0.3) is 0 Å². The maximum absolute atomic E-state index is 13.8. The molecule has 4 rings (SSSR count). The van der Waals surface area contributed by atoms with Crippen LogP contribution < -0.4 is 5.32 Å². The quantitative estimate of drug-likeness (QED) is 0.856. The van der Waals surface area contributed by atoms with Gasteiger partial charge in [0, 0.05) is 30.6 Å². The molecule has 2 aliphatic rings. The van der Waals surface area contributed by atoms with Crippen molar-refractivity contribution < 1.29 is 9.18 Å². The van der Waals surface area contributed by atoms with Crippen molar-refractivity contribution in [3.05, 3.63) is 70.5 Å². The summed E-state index contributed by atoms with van der Waals surface area (Å²) in [5, 5.41) is 4.01. The van der Waals surface area contributed by atoms with E-state index in [0.29, 0.717) is 23.4 Å². The Morgan fingerprint density at radius 3 is 2.77 bits per heavy atom. The number of hydrogen-bond donors (Lipinski definition) is 1. The van der Waals surface area contributed by atoms with Gasteiger partial charge < -0.3 is 10.2 Å². The van der Waals surface area contributed by atoms with E-state index >= 15 is 0 Å². The van der Waals surface area contributed by atoms with Gasteiger partial charge in [0.1, 0.15) is 5.82 Å². The van der Waals surface area contributed by atoms with Gasteiger partial charge in [-0.25, -0.2) is 4.39 Å². The van der Waals surface area contributed by atoms with Gasteiger partial charge in [0.05, 0.1) is 12.5 Å². The molecule has 3 nitrogen and oxygen atoms in total. The molecule has 1 N–H and O–H groups in total. The van der Waals surface area contributed by atoms with Gasteiger partial charge in [-0.15, -0.1) is 12.4 Å². The molecule has 0 aromatic heterocycles. The molecule has 0 radical (unpaired) electrons. The zero-order valence-electron chi connectivity index (χ0n) is 14.2. The second-order valence-electron chi connectivity index (χ2n) is 6.90. The van der Waals surface area contributed by atoms with Gasteiger partial charge in [-0.1, -0.05) is 41.9 Å². The summed E-state index contributed by atoms with van der Waals surface area (Å²) in [5.41, 5.74) is 1.71. The van der Waals surface area contributed by atoms with Crippen LogP contribution in [0, 0.1) is 17.7 Å². The largest absolute Gasteiger partial charge is 0.335 e. The molecule has 2 aromatic carbocycles. The molecule has 0 bridgehead atoms. The normalized spacial score (nSPS) is 24.2. The van der Waals surface area contributed by atoms with Crippen molar-refractivity contribution in [2.45, 2.75) is 12.5 Å². The fraction of sp³-hybridized carbons (Fsp3) is 0.350. The molecule has 2 saturated heterocycles. The van der Waals surface area contributed by atoms with Gasteiger partial charge in [0.2, 0.25) is 5.91 Å². The molecule has 2 aromatic rings. The molecule has 26 heavy (non-hydrogen) atoms. The molecular weight excluding hydrogens is 374 g/mol. The molecule has 0 spiro atoms. The van der Waals surface area contributed by atoms with E-state index in [1.54, 1.807) is 18.2 Å². The Morgan fingerprint density at radius 1 is 1.19 bits per heavy atom. The van der Waals surface area contributed by atoms with Crippen molar-refractivity contribution in [1.82, 2.24) is 10.2 Å². The lowest BCUT2D eigenvalue weighted by Crippen LogP contribution is -2.35. The number of carbonyl (C=O) groups excluding carboxylic acids is 1. The first-order valence-electron chi connectivity index (χ1n) is 8.62. The predicted octanol–water partition coefficient (Wildman–Crippen LogP) is 3.86. The molecule has 2 aliphatic heterocycles. The molecule has 1 amide bonds. The van der Waals surface area contributed by atoms with E-state index in [1.165, 1.54) is 6.07 Å². The Bertz CT molecular complexity index is 801. The fourth-order valence-electron chi connectivity index (χ4n) is 4.20. The van der Waals surface area contributed by atoms with Crippen LogP contribution in [0.15, 0.2) is 48.5 Å². The number of carbonyl (C=O) groups is 1. The van der Waals surface area contributed by atoms with Crippen molar-refractivity contribution >= 4 is 29.9 Å². The standard InChI is InChI=1S/C20H20ClFN2O.ClH/c21-18-7-2-1-4-13(18)9-19(25)24-12-15-10-23-11-17(15)20(24)14-5-3-6-16(22)8-14;/h1-8,15,17,20,23H,9-12H2;1H/t15-,17-,20-;/m0./s1. The number of rotatable bonds is 3. The molecule has 0 unspecified atom stereocenters. The Balaban J connectivity index is 0.00000196. The Morgan fingerprint density at radius 2 is 2.00 bits per heavy atom. The summed E-state index contributed by atoms with van der Waals surface area (Å²) >= 11 is 6.21. The highest BCUT2D eigenvalue weighted by Crippen LogP contribution is 2.43. The minimum absolute atomic E-state index is 0. The third-order valence-corrected chi connectivity index (χ3v) is 5.74. The smallest absolute Gasteiger partial charge is 0.227 e. The fourth-order valence-corrected chi connectivity index (χ4v) is 4.40.